The van der Waals surface area contributed by atoms with Crippen molar-refractivity contribution in [3.8, 4) is 5.75 Å². The van der Waals surface area contributed by atoms with Crippen molar-refractivity contribution < 1.29 is 22.7 Å². The standard InChI is InChI=1S/C23H13ClF3NO2S/c24-20-18-9-1-2-10-19(18)31-21(20)22(29)30-17-8-3-5-14(11-17)13-28-16-7-4-6-15(12-16)23(25,26)27/h1-13H. The number of rotatable bonds is 4. The van der Waals surface area contributed by atoms with Gasteiger partial charge in [-0.3, -0.25) is 4.99 Å². The number of esters is 1. The molecular weight excluding hydrogens is 447 g/mol. The Morgan fingerprint density at radius 3 is 2.55 bits per heavy atom. The lowest BCUT2D eigenvalue weighted by atomic mass is 10.2. The van der Waals surface area contributed by atoms with Gasteiger partial charge in [-0.1, -0.05) is 48.0 Å². The van der Waals surface area contributed by atoms with Gasteiger partial charge in [0.05, 0.1) is 16.3 Å². The second-order valence-electron chi connectivity index (χ2n) is 6.51. The Morgan fingerprint density at radius 1 is 1.00 bits per heavy atom. The van der Waals surface area contributed by atoms with Crippen LogP contribution in [0, 0.1) is 0 Å². The summed E-state index contributed by atoms with van der Waals surface area (Å²) in [6.45, 7) is 0. The smallest absolute Gasteiger partial charge is 0.416 e. The van der Waals surface area contributed by atoms with Crippen molar-refractivity contribution in [1.29, 1.82) is 0 Å². The highest BCUT2D eigenvalue weighted by molar-refractivity contribution is 7.21. The molecule has 0 radical (unpaired) electrons. The van der Waals surface area contributed by atoms with E-state index in [0.29, 0.717) is 15.5 Å². The van der Waals surface area contributed by atoms with Gasteiger partial charge < -0.3 is 4.74 Å². The van der Waals surface area contributed by atoms with Crippen molar-refractivity contribution in [2.45, 2.75) is 6.18 Å². The number of alkyl halides is 3. The zero-order chi connectivity index (χ0) is 22.0. The number of benzene rings is 3. The van der Waals surface area contributed by atoms with Gasteiger partial charge in [-0.05, 0) is 42.0 Å². The van der Waals surface area contributed by atoms with Crippen LogP contribution in [0.25, 0.3) is 10.1 Å². The van der Waals surface area contributed by atoms with E-state index in [1.165, 1.54) is 29.7 Å². The highest BCUT2D eigenvalue weighted by Crippen LogP contribution is 2.36. The highest BCUT2D eigenvalue weighted by Gasteiger charge is 2.30. The average Bonchev–Trinajstić information content (AvgIpc) is 3.09. The van der Waals surface area contributed by atoms with E-state index in [4.69, 9.17) is 16.3 Å². The monoisotopic (exact) mass is 459 g/mol. The first kappa shape index (κ1) is 21.1. The molecule has 0 aliphatic rings. The Labute approximate surface area is 184 Å². The summed E-state index contributed by atoms with van der Waals surface area (Å²) in [7, 11) is 0. The predicted octanol–water partition coefficient (Wildman–Crippen LogP) is 7.54. The first-order valence-electron chi connectivity index (χ1n) is 9.02. The van der Waals surface area contributed by atoms with E-state index in [0.717, 1.165) is 22.2 Å². The van der Waals surface area contributed by atoms with E-state index in [1.807, 2.05) is 24.3 Å². The molecule has 0 fully saturated rings. The number of carbonyl (C=O) groups is 1. The molecule has 4 rings (SSSR count). The SMILES string of the molecule is O=C(Oc1cccc(C=Nc2cccc(C(F)(F)F)c2)c1)c1sc2ccccc2c1Cl. The number of fused-ring (bicyclic) bond motifs is 1. The van der Waals surface area contributed by atoms with Crippen LogP contribution in [-0.4, -0.2) is 12.2 Å². The molecule has 31 heavy (non-hydrogen) atoms. The van der Waals surface area contributed by atoms with Gasteiger partial charge >= 0.3 is 12.1 Å². The lowest BCUT2D eigenvalue weighted by Crippen LogP contribution is -2.07. The number of nitrogens with zero attached hydrogens (tertiary/aromatic N) is 1. The summed E-state index contributed by atoms with van der Waals surface area (Å²) < 4.78 is 44.8. The zero-order valence-electron chi connectivity index (χ0n) is 15.7. The number of hydrogen-bond acceptors (Lipinski definition) is 4. The van der Waals surface area contributed by atoms with Crippen LogP contribution in [0.15, 0.2) is 77.8 Å². The Kier molecular flexibility index (Phi) is 5.80. The first-order chi connectivity index (χ1) is 14.8. The largest absolute Gasteiger partial charge is 0.422 e. The van der Waals surface area contributed by atoms with Gasteiger partial charge in [-0.25, -0.2) is 4.79 Å². The molecule has 0 N–H and O–H groups in total. The molecule has 156 valence electrons. The van der Waals surface area contributed by atoms with Crippen LogP contribution in [0.1, 0.15) is 20.8 Å². The fourth-order valence-corrected chi connectivity index (χ4v) is 4.25. The number of thiophene rings is 1. The van der Waals surface area contributed by atoms with E-state index >= 15 is 0 Å². The molecule has 0 aliphatic heterocycles. The van der Waals surface area contributed by atoms with E-state index in [1.54, 1.807) is 24.3 Å². The molecule has 1 heterocycles. The molecule has 0 bridgehead atoms. The molecule has 0 saturated carbocycles. The van der Waals surface area contributed by atoms with Gasteiger partial charge in [0.1, 0.15) is 10.6 Å². The number of carbonyl (C=O) groups excluding carboxylic acids is 1. The highest BCUT2D eigenvalue weighted by atomic mass is 35.5. The van der Waals surface area contributed by atoms with Crippen LogP contribution in [-0.2, 0) is 6.18 Å². The molecule has 0 spiro atoms. The van der Waals surface area contributed by atoms with E-state index < -0.39 is 17.7 Å². The quantitative estimate of drug-likeness (QED) is 0.179. The summed E-state index contributed by atoms with van der Waals surface area (Å²) >= 11 is 7.56. The molecule has 0 atom stereocenters. The van der Waals surface area contributed by atoms with Crippen molar-refractivity contribution in [1.82, 2.24) is 0 Å². The number of ether oxygens (including phenoxy) is 1. The lowest BCUT2D eigenvalue weighted by molar-refractivity contribution is -0.137. The summed E-state index contributed by atoms with van der Waals surface area (Å²) in [6.07, 6.45) is -3.03. The summed E-state index contributed by atoms with van der Waals surface area (Å²) in [5.74, 6) is -0.315. The van der Waals surface area contributed by atoms with Gasteiger partial charge in [-0.2, -0.15) is 13.2 Å². The van der Waals surface area contributed by atoms with Crippen LogP contribution in [0.3, 0.4) is 0 Å². The number of aliphatic imine (C=N–C) groups is 1. The van der Waals surface area contributed by atoms with Crippen LogP contribution in [0.4, 0.5) is 18.9 Å². The van der Waals surface area contributed by atoms with Crippen LogP contribution >= 0.6 is 22.9 Å². The summed E-state index contributed by atoms with van der Waals surface area (Å²) in [4.78, 5) is 17.0. The summed E-state index contributed by atoms with van der Waals surface area (Å²) in [6, 6.07) is 18.6. The second kappa shape index (κ2) is 8.53. The minimum atomic E-state index is -4.44. The van der Waals surface area contributed by atoms with E-state index in [-0.39, 0.29) is 11.4 Å². The number of halogens is 4. The molecule has 0 unspecified atom stereocenters. The third-order valence-electron chi connectivity index (χ3n) is 4.33. The maximum atomic E-state index is 12.8. The van der Waals surface area contributed by atoms with Crippen LogP contribution < -0.4 is 4.74 Å². The third-order valence-corrected chi connectivity index (χ3v) is 5.98. The van der Waals surface area contributed by atoms with Crippen molar-refractivity contribution >= 4 is 50.9 Å². The topological polar surface area (TPSA) is 38.7 Å². The minimum absolute atomic E-state index is 0.161. The van der Waals surface area contributed by atoms with Crippen LogP contribution in [0.2, 0.25) is 5.02 Å². The Bertz CT molecular complexity index is 1300. The summed E-state index contributed by atoms with van der Waals surface area (Å²) in [5, 5.41) is 1.12. The normalized spacial score (nSPS) is 11.9. The third kappa shape index (κ3) is 4.78. The molecule has 0 saturated heterocycles. The van der Waals surface area contributed by atoms with Gasteiger partial charge in [-0.15, -0.1) is 11.3 Å². The Hall–Kier alpha value is -3.16. The van der Waals surface area contributed by atoms with Crippen molar-refractivity contribution in [2.75, 3.05) is 0 Å². The van der Waals surface area contributed by atoms with Crippen molar-refractivity contribution in [2.24, 2.45) is 4.99 Å². The van der Waals surface area contributed by atoms with E-state index in [2.05, 4.69) is 4.99 Å². The van der Waals surface area contributed by atoms with Gasteiger partial charge in [0, 0.05) is 16.3 Å². The molecular formula is C23H13ClF3NO2S. The molecule has 4 aromatic rings. The van der Waals surface area contributed by atoms with Crippen molar-refractivity contribution in [3.05, 3.63) is 93.8 Å². The Balaban J connectivity index is 1.52. The number of hydrogen-bond donors (Lipinski definition) is 0. The zero-order valence-corrected chi connectivity index (χ0v) is 17.3. The first-order valence-corrected chi connectivity index (χ1v) is 10.2. The molecule has 1 aromatic heterocycles. The van der Waals surface area contributed by atoms with Crippen LogP contribution in [0.5, 0.6) is 5.75 Å². The summed E-state index contributed by atoms with van der Waals surface area (Å²) in [5.41, 5.74) is -0.0514. The molecule has 8 heteroatoms. The molecule has 0 aliphatic carbocycles. The maximum absolute atomic E-state index is 12.8. The molecule has 0 amide bonds. The van der Waals surface area contributed by atoms with Crippen molar-refractivity contribution in [3.63, 3.8) is 0 Å². The molecule has 3 aromatic carbocycles. The average molecular weight is 460 g/mol. The lowest BCUT2D eigenvalue weighted by Gasteiger charge is -2.06. The van der Waals surface area contributed by atoms with E-state index in [9.17, 15) is 18.0 Å². The minimum Gasteiger partial charge on any atom is -0.422 e. The predicted molar refractivity (Wildman–Crippen MR) is 117 cm³/mol. The maximum Gasteiger partial charge on any atom is 0.416 e. The second-order valence-corrected chi connectivity index (χ2v) is 7.94. The molecule has 3 nitrogen and oxygen atoms in total. The Morgan fingerprint density at radius 2 is 1.77 bits per heavy atom. The fourth-order valence-electron chi connectivity index (χ4n) is 2.87. The van der Waals surface area contributed by atoms with Gasteiger partial charge in [0.2, 0.25) is 0 Å². The van der Waals surface area contributed by atoms with Gasteiger partial charge in [0.15, 0.2) is 0 Å². The van der Waals surface area contributed by atoms with Gasteiger partial charge in [0.25, 0.3) is 0 Å². The fraction of sp³-hybridized carbons (Fsp3) is 0.0435.